The van der Waals surface area contributed by atoms with Crippen molar-refractivity contribution in [1.82, 2.24) is 4.98 Å². The summed E-state index contributed by atoms with van der Waals surface area (Å²) in [4.78, 5) is 15.9. The van der Waals surface area contributed by atoms with Gasteiger partial charge in [0.2, 0.25) is 0 Å². The number of benzene rings is 1. The standard InChI is InChI=1S/C13H11FN2O/c1-8-4-5-11(14)10(7-8)12(17)9-3-2-6-16-13(9)15/h2-7H,1H3,(H2,15,16). The summed E-state index contributed by atoms with van der Waals surface area (Å²) >= 11 is 0. The average Bonchev–Trinajstić information content (AvgIpc) is 2.32. The lowest BCUT2D eigenvalue weighted by molar-refractivity contribution is 0.103. The van der Waals surface area contributed by atoms with Crippen molar-refractivity contribution in [1.29, 1.82) is 0 Å². The van der Waals surface area contributed by atoms with Crippen LogP contribution in [0.5, 0.6) is 0 Å². The first kappa shape index (κ1) is 11.3. The van der Waals surface area contributed by atoms with E-state index in [1.807, 2.05) is 0 Å². The minimum atomic E-state index is -0.552. The minimum Gasteiger partial charge on any atom is -0.383 e. The van der Waals surface area contributed by atoms with Crippen molar-refractivity contribution in [3.05, 3.63) is 59.0 Å². The van der Waals surface area contributed by atoms with E-state index in [4.69, 9.17) is 5.73 Å². The van der Waals surface area contributed by atoms with Crippen molar-refractivity contribution in [3.63, 3.8) is 0 Å². The molecule has 0 radical (unpaired) electrons. The van der Waals surface area contributed by atoms with Gasteiger partial charge in [0.1, 0.15) is 11.6 Å². The van der Waals surface area contributed by atoms with Crippen LogP contribution < -0.4 is 5.73 Å². The zero-order valence-corrected chi connectivity index (χ0v) is 9.27. The normalized spacial score (nSPS) is 10.2. The van der Waals surface area contributed by atoms with E-state index in [0.717, 1.165) is 5.56 Å². The Labute approximate surface area is 98.1 Å². The van der Waals surface area contributed by atoms with Gasteiger partial charge in [-0.05, 0) is 31.2 Å². The monoisotopic (exact) mass is 230 g/mol. The molecule has 0 spiro atoms. The molecular weight excluding hydrogens is 219 g/mol. The molecule has 0 aliphatic carbocycles. The van der Waals surface area contributed by atoms with Gasteiger partial charge in [0.05, 0.1) is 11.1 Å². The van der Waals surface area contributed by atoms with Crippen LogP contribution in [-0.2, 0) is 0 Å². The second-order valence-electron chi connectivity index (χ2n) is 3.75. The van der Waals surface area contributed by atoms with Gasteiger partial charge in [-0.15, -0.1) is 0 Å². The molecule has 0 bridgehead atoms. The van der Waals surface area contributed by atoms with Gasteiger partial charge in [-0.3, -0.25) is 4.79 Å². The third-order valence-corrected chi connectivity index (χ3v) is 2.45. The molecule has 3 nitrogen and oxygen atoms in total. The van der Waals surface area contributed by atoms with Gasteiger partial charge in [0.25, 0.3) is 0 Å². The topological polar surface area (TPSA) is 56.0 Å². The average molecular weight is 230 g/mol. The molecule has 1 aromatic carbocycles. The Hall–Kier alpha value is -2.23. The molecule has 17 heavy (non-hydrogen) atoms. The molecule has 0 unspecified atom stereocenters. The summed E-state index contributed by atoms with van der Waals surface area (Å²) in [5, 5.41) is 0. The van der Waals surface area contributed by atoms with E-state index in [9.17, 15) is 9.18 Å². The summed E-state index contributed by atoms with van der Waals surface area (Å²) in [7, 11) is 0. The first-order chi connectivity index (χ1) is 8.09. The lowest BCUT2D eigenvalue weighted by atomic mass is 10.0. The van der Waals surface area contributed by atoms with Gasteiger partial charge < -0.3 is 5.73 Å². The highest BCUT2D eigenvalue weighted by Gasteiger charge is 2.16. The summed E-state index contributed by atoms with van der Waals surface area (Å²) < 4.78 is 13.6. The van der Waals surface area contributed by atoms with Crippen LogP contribution in [0, 0.1) is 12.7 Å². The fraction of sp³-hybridized carbons (Fsp3) is 0.0769. The van der Waals surface area contributed by atoms with Crippen LogP contribution in [0.25, 0.3) is 0 Å². The third-order valence-electron chi connectivity index (χ3n) is 2.45. The molecule has 4 heteroatoms. The van der Waals surface area contributed by atoms with Crippen LogP contribution >= 0.6 is 0 Å². The Morgan fingerprint density at radius 2 is 2.06 bits per heavy atom. The van der Waals surface area contributed by atoms with E-state index < -0.39 is 11.6 Å². The highest BCUT2D eigenvalue weighted by Crippen LogP contribution is 2.17. The number of halogens is 1. The number of carbonyl (C=O) groups excluding carboxylic acids is 1. The van der Waals surface area contributed by atoms with Crippen LogP contribution in [0.1, 0.15) is 21.5 Å². The summed E-state index contributed by atoms with van der Waals surface area (Å²) in [5.74, 6) is -0.890. The summed E-state index contributed by atoms with van der Waals surface area (Å²) in [6.45, 7) is 1.79. The predicted molar refractivity (Wildman–Crippen MR) is 63.2 cm³/mol. The number of aryl methyl sites for hydroxylation is 1. The molecule has 2 N–H and O–H groups in total. The van der Waals surface area contributed by atoms with Crippen LogP contribution in [0.3, 0.4) is 0 Å². The number of nitrogens with two attached hydrogens (primary N) is 1. The molecular formula is C13H11FN2O. The van der Waals surface area contributed by atoms with Gasteiger partial charge in [0.15, 0.2) is 5.78 Å². The predicted octanol–water partition coefficient (Wildman–Crippen LogP) is 2.34. The van der Waals surface area contributed by atoms with Crippen molar-refractivity contribution in [2.75, 3.05) is 5.73 Å². The summed E-state index contributed by atoms with van der Waals surface area (Å²) in [6, 6.07) is 7.52. The molecule has 0 fully saturated rings. The second-order valence-corrected chi connectivity index (χ2v) is 3.75. The number of anilines is 1. The van der Waals surface area contributed by atoms with E-state index in [1.54, 1.807) is 19.1 Å². The Morgan fingerprint density at radius 3 is 2.76 bits per heavy atom. The van der Waals surface area contributed by atoms with E-state index in [2.05, 4.69) is 4.98 Å². The molecule has 0 amide bonds. The number of aromatic nitrogens is 1. The van der Waals surface area contributed by atoms with Gasteiger partial charge >= 0.3 is 0 Å². The van der Waals surface area contributed by atoms with E-state index in [1.165, 1.54) is 24.4 Å². The molecule has 0 saturated carbocycles. The number of hydrogen-bond acceptors (Lipinski definition) is 3. The number of nitrogen functional groups attached to an aromatic ring is 1. The van der Waals surface area contributed by atoms with E-state index in [0.29, 0.717) is 0 Å². The zero-order valence-electron chi connectivity index (χ0n) is 9.27. The Bertz CT molecular complexity index is 581. The quantitative estimate of drug-likeness (QED) is 0.805. The van der Waals surface area contributed by atoms with Gasteiger partial charge in [-0.25, -0.2) is 9.37 Å². The number of hydrogen-bond donors (Lipinski definition) is 1. The maximum Gasteiger partial charge on any atom is 0.199 e. The van der Waals surface area contributed by atoms with Crippen LogP contribution in [0.15, 0.2) is 36.5 Å². The number of carbonyl (C=O) groups is 1. The van der Waals surface area contributed by atoms with Gasteiger partial charge in [-0.2, -0.15) is 0 Å². The first-order valence-corrected chi connectivity index (χ1v) is 5.11. The number of rotatable bonds is 2. The first-order valence-electron chi connectivity index (χ1n) is 5.11. The number of nitrogens with zero attached hydrogens (tertiary/aromatic N) is 1. The lowest BCUT2D eigenvalue weighted by Gasteiger charge is -2.05. The Balaban J connectivity index is 2.51. The molecule has 0 saturated heterocycles. The molecule has 86 valence electrons. The Kier molecular flexibility index (Phi) is 2.87. The summed E-state index contributed by atoms with van der Waals surface area (Å²) in [5.41, 5.74) is 6.65. The second kappa shape index (κ2) is 4.33. The van der Waals surface area contributed by atoms with Crippen molar-refractivity contribution >= 4 is 11.6 Å². The smallest absolute Gasteiger partial charge is 0.199 e. The van der Waals surface area contributed by atoms with Gasteiger partial charge in [-0.1, -0.05) is 11.6 Å². The number of pyridine rings is 1. The van der Waals surface area contributed by atoms with Crippen molar-refractivity contribution in [2.45, 2.75) is 6.92 Å². The van der Waals surface area contributed by atoms with E-state index in [-0.39, 0.29) is 16.9 Å². The van der Waals surface area contributed by atoms with Crippen LogP contribution in [0.4, 0.5) is 10.2 Å². The fourth-order valence-electron chi connectivity index (χ4n) is 1.57. The highest BCUT2D eigenvalue weighted by molar-refractivity contribution is 6.11. The maximum atomic E-state index is 13.6. The zero-order chi connectivity index (χ0) is 12.4. The molecule has 0 atom stereocenters. The van der Waals surface area contributed by atoms with Crippen LogP contribution in [-0.4, -0.2) is 10.8 Å². The highest BCUT2D eigenvalue weighted by atomic mass is 19.1. The largest absolute Gasteiger partial charge is 0.383 e. The van der Waals surface area contributed by atoms with Gasteiger partial charge in [0, 0.05) is 6.20 Å². The fourth-order valence-corrected chi connectivity index (χ4v) is 1.57. The lowest BCUT2D eigenvalue weighted by Crippen LogP contribution is -2.08. The molecule has 1 aromatic heterocycles. The molecule has 0 aliphatic heterocycles. The van der Waals surface area contributed by atoms with E-state index >= 15 is 0 Å². The molecule has 1 heterocycles. The third kappa shape index (κ3) is 2.15. The Morgan fingerprint density at radius 1 is 1.29 bits per heavy atom. The molecule has 0 aliphatic rings. The SMILES string of the molecule is Cc1ccc(F)c(C(=O)c2cccnc2N)c1. The molecule has 2 aromatic rings. The summed E-state index contributed by atoms with van der Waals surface area (Å²) in [6.07, 6.45) is 1.48. The van der Waals surface area contributed by atoms with Crippen molar-refractivity contribution in [2.24, 2.45) is 0 Å². The number of ketones is 1. The minimum absolute atomic E-state index is 0.0182. The van der Waals surface area contributed by atoms with Crippen LogP contribution in [0.2, 0.25) is 0 Å². The van der Waals surface area contributed by atoms with Crippen molar-refractivity contribution in [3.8, 4) is 0 Å². The maximum absolute atomic E-state index is 13.6. The van der Waals surface area contributed by atoms with Crippen molar-refractivity contribution < 1.29 is 9.18 Å². The molecule has 2 rings (SSSR count).